The van der Waals surface area contributed by atoms with Crippen molar-refractivity contribution in [2.24, 2.45) is 5.92 Å². The fourth-order valence-corrected chi connectivity index (χ4v) is 1.62. The van der Waals surface area contributed by atoms with Crippen molar-refractivity contribution in [2.45, 2.75) is 19.3 Å². The van der Waals surface area contributed by atoms with Crippen molar-refractivity contribution in [1.29, 1.82) is 0 Å². The lowest BCUT2D eigenvalue weighted by atomic mass is 9.95. The lowest BCUT2D eigenvalue weighted by Crippen LogP contribution is -2.25. The third kappa shape index (κ3) is 2.36. The van der Waals surface area contributed by atoms with Crippen LogP contribution >= 0.6 is 9.39 Å². The molecule has 1 atom stereocenters. The molecule has 58 valence electrons. The Hall–Kier alpha value is 0.0600. The van der Waals surface area contributed by atoms with Crippen molar-refractivity contribution in [1.82, 2.24) is 4.67 Å². The van der Waals surface area contributed by atoms with Crippen molar-refractivity contribution >= 4 is 15.7 Å². The highest BCUT2D eigenvalue weighted by Crippen LogP contribution is 2.20. The van der Waals surface area contributed by atoms with Gasteiger partial charge < -0.3 is 4.79 Å². The van der Waals surface area contributed by atoms with Gasteiger partial charge in [-0.3, -0.25) is 4.67 Å². The van der Waals surface area contributed by atoms with Crippen molar-refractivity contribution in [3.05, 3.63) is 0 Å². The molecule has 0 aromatic heterocycles. The maximum atomic E-state index is 10.1. The van der Waals surface area contributed by atoms with Gasteiger partial charge in [-0.15, -0.1) is 0 Å². The van der Waals surface area contributed by atoms with E-state index in [4.69, 9.17) is 0 Å². The highest BCUT2D eigenvalue weighted by Gasteiger charge is 2.15. The third-order valence-electron chi connectivity index (χ3n) is 2.08. The van der Waals surface area contributed by atoms with Crippen LogP contribution < -0.4 is 0 Å². The largest absolute Gasteiger partial charge is 0.303 e. The molecule has 0 bridgehead atoms. The van der Waals surface area contributed by atoms with Crippen LogP contribution in [0, 0.1) is 5.92 Å². The van der Waals surface area contributed by atoms with Gasteiger partial charge in [0, 0.05) is 19.5 Å². The van der Waals surface area contributed by atoms with E-state index >= 15 is 0 Å². The Labute approximate surface area is 64.2 Å². The van der Waals surface area contributed by atoms with Crippen LogP contribution in [0.5, 0.6) is 0 Å². The summed E-state index contributed by atoms with van der Waals surface area (Å²) in [4.78, 5) is 10.1. The van der Waals surface area contributed by atoms with Gasteiger partial charge in [0.25, 0.3) is 0 Å². The van der Waals surface area contributed by atoms with E-state index in [1.165, 1.54) is 12.8 Å². The van der Waals surface area contributed by atoms with Gasteiger partial charge >= 0.3 is 0 Å². The lowest BCUT2D eigenvalue weighted by molar-refractivity contribution is -0.108. The number of hydrogen-bond donors (Lipinski definition) is 0. The first-order valence-corrected chi connectivity index (χ1v) is 4.28. The van der Waals surface area contributed by atoms with Crippen molar-refractivity contribution in [2.75, 3.05) is 13.1 Å². The fourth-order valence-electron chi connectivity index (χ4n) is 1.32. The smallest absolute Gasteiger partial charge is 0.120 e. The normalized spacial score (nSPS) is 22.9. The van der Waals surface area contributed by atoms with Crippen molar-refractivity contribution in [3.63, 3.8) is 0 Å². The zero-order valence-corrected chi connectivity index (χ0v) is 7.28. The Bertz CT molecular complexity index is 110. The summed E-state index contributed by atoms with van der Waals surface area (Å²) in [6, 6.07) is 0. The van der Waals surface area contributed by atoms with Crippen LogP contribution in [-0.4, -0.2) is 24.0 Å². The molecule has 1 aliphatic heterocycles. The molecule has 10 heavy (non-hydrogen) atoms. The van der Waals surface area contributed by atoms with Gasteiger partial charge in [0.1, 0.15) is 6.29 Å². The van der Waals surface area contributed by atoms with Gasteiger partial charge in [-0.25, -0.2) is 0 Å². The summed E-state index contributed by atoms with van der Waals surface area (Å²) in [6.07, 6.45) is 4.17. The number of carbonyl (C=O) groups is 1. The van der Waals surface area contributed by atoms with Crippen LogP contribution in [0.15, 0.2) is 0 Å². The Morgan fingerprint density at radius 1 is 1.50 bits per heavy atom. The topological polar surface area (TPSA) is 20.3 Å². The molecule has 0 aromatic rings. The van der Waals surface area contributed by atoms with E-state index in [1.54, 1.807) is 0 Å². The molecule has 0 spiro atoms. The maximum absolute atomic E-state index is 10.1. The maximum Gasteiger partial charge on any atom is 0.120 e. The van der Waals surface area contributed by atoms with E-state index in [1.807, 2.05) is 0 Å². The molecule has 0 N–H and O–H groups in total. The number of rotatable bonds is 2. The minimum atomic E-state index is 0.661. The number of aldehydes is 1. The third-order valence-corrected chi connectivity index (χ3v) is 2.60. The van der Waals surface area contributed by atoms with Gasteiger partial charge in [-0.1, -0.05) is 9.39 Å². The zero-order valence-electron chi connectivity index (χ0n) is 6.12. The van der Waals surface area contributed by atoms with Gasteiger partial charge in [0.2, 0.25) is 0 Å². The first-order chi connectivity index (χ1) is 4.83. The van der Waals surface area contributed by atoms with Crippen LogP contribution in [0.3, 0.4) is 0 Å². The molecule has 0 radical (unpaired) electrons. The molecule has 1 fully saturated rings. The van der Waals surface area contributed by atoms with Crippen LogP contribution in [0.2, 0.25) is 0 Å². The monoisotopic (exact) mass is 159 g/mol. The minimum absolute atomic E-state index is 0.661. The summed E-state index contributed by atoms with van der Waals surface area (Å²) < 4.78 is 2.24. The average molecular weight is 159 g/mol. The van der Waals surface area contributed by atoms with Crippen molar-refractivity contribution < 1.29 is 4.79 Å². The molecule has 3 heteroatoms. The van der Waals surface area contributed by atoms with Crippen LogP contribution in [0.4, 0.5) is 0 Å². The molecule has 1 saturated heterocycles. The highest BCUT2D eigenvalue weighted by atomic mass is 31.0. The number of piperidine rings is 1. The van der Waals surface area contributed by atoms with E-state index < -0.39 is 0 Å². The zero-order chi connectivity index (χ0) is 7.40. The summed E-state index contributed by atoms with van der Waals surface area (Å²) in [7, 11) is 2.70. The van der Waals surface area contributed by atoms with Gasteiger partial charge in [-0.05, 0) is 18.8 Å². The average Bonchev–Trinajstić information content (AvgIpc) is 1.95. The molecule has 1 rings (SSSR count). The Balaban J connectivity index is 2.19. The van der Waals surface area contributed by atoms with E-state index in [2.05, 4.69) is 14.1 Å². The van der Waals surface area contributed by atoms with Gasteiger partial charge in [-0.2, -0.15) is 0 Å². The molecular formula is C7H14NOP. The van der Waals surface area contributed by atoms with Gasteiger partial charge in [0.05, 0.1) is 0 Å². The van der Waals surface area contributed by atoms with Crippen LogP contribution in [0.25, 0.3) is 0 Å². The molecule has 2 nitrogen and oxygen atoms in total. The predicted molar refractivity (Wildman–Crippen MR) is 44.7 cm³/mol. The molecule has 0 aromatic carbocycles. The molecule has 0 amide bonds. The molecule has 0 saturated carbocycles. The molecule has 1 unspecified atom stereocenters. The quantitative estimate of drug-likeness (QED) is 0.444. The van der Waals surface area contributed by atoms with E-state index in [9.17, 15) is 4.79 Å². The Morgan fingerprint density at radius 3 is 2.60 bits per heavy atom. The van der Waals surface area contributed by atoms with E-state index in [-0.39, 0.29) is 0 Å². The number of hydrogen-bond acceptors (Lipinski definition) is 2. The second kappa shape index (κ2) is 4.05. The predicted octanol–water partition coefficient (Wildman–Crippen LogP) is 1.08. The summed E-state index contributed by atoms with van der Waals surface area (Å²) >= 11 is 0. The minimum Gasteiger partial charge on any atom is -0.303 e. The second-order valence-corrected chi connectivity index (χ2v) is 3.61. The first-order valence-electron chi connectivity index (χ1n) is 3.76. The molecule has 1 aliphatic rings. The number of nitrogens with zero attached hydrogens (tertiary/aromatic N) is 1. The summed E-state index contributed by atoms with van der Waals surface area (Å²) in [6.45, 7) is 2.26. The fraction of sp³-hybridized carbons (Fsp3) is 0.857. The lowest BCUT2D eigenvalue weighted by Gasteiger charge is -2.27. The van der Waals surface area contributed by atoms with E-state index in [0.29, 0.717) is 5.92 Å². The highest BCUT2D eigenvalue weighted by molar-refractivity contribution is 7.13. The second-order valence-electron chi connectivity index (χ2n) is 2.88. The molecular weight excluding hydrogens is 145 g/mol. The van der Waals surface area contributed by atoms with E-state index in [0.717, 1.165) is 25.8 Å². The summed E-state index contributed by atoms with van der Waals surface area (Å²) in [5, 5.41) is 0. The molecule has 0 aliphatic carbocycles. The Kier molecular flexibility index (Phi) is 3.30. The SMILES string of the molecule is O=CCC1CCN(P)CC1. The summed E-state index contributed by atoms with van der Waals surface area (Å²) in [5.41, 5.74) is 0. The van der Waals surface area contributed by atoms with Gasteiger partial charge in [0.15, 0.2) is 0 Å². The molecule has 1 heterocycles. The van der Waals surface area contributed by atoms with Crippen LogP contribution in [-0.2, 0) is 4.79 Å². The van der Waals surface area contributed by atoms with Crippen LogP contribution in [0.1, 0.15) is 19.3 Å². The first kappa shape index (κ1) is 8.16. The van der Waals surface area contributed by atoms with Crippen molar-refractivity contribution in [3.8, 4) is 0 Å². The summed E-state index contributed by atoms with van der Waals surface area (Å²) in [5.74, 6) is 0.661. The Morgan fingerprint density at radius 2 is 2.10 bits per heavy atom. The standard InChI is InChI=1S/C7H14NOP/c9-6-3-7-1-4-8(10)5-2-7/h6-7H,1-5,10H2. The number of carbonyl (C=O) groups excluding carboxylic acids is 1.